The molecule has 0 aliphatic carbocycles. The minimum absolute atomic E-state index is 0.344. The molecule has 76 valence electrons. The van der Waals surface area contributed by atoms with Gasteiger partial charge in [0.15, 0.2) is 0 Å². The van der Waals surface area contributed by atoms with E-state index >= 15 is 0 Å². The van der Waals surface area contributed by atoms with Gasteiger partial charge in [0.1, 0.15) is 0 Å². The van der Waals surface area contributed by atoms with E-state index in [1.807, 2.05) is 19.9 Å². The van der Waals surface area contributed by atoms with E-state index in [0.717, 1.165) is 0 Å². The highest BCUT2D eigenvalue weighted by Crippen LogP contribution is 1.96. The lowest BCUT2D eigenvalue weighted by molar-refractivity contribution is -0.118. The Labute approximate surface area is 84.1 Å². The van der Waals surface area contributed by atoms with Crippen LogP contribution in [-0.4, -0.2) is 11.8 Å². The standard InChI is InChI=1S/C9H9NO2.C2H6/c1-7(11)10-9(12)8-5-3-2-4-6-8;1-2/h2-6H,1H3,(H,10,11,12);1-2H3. The molecule has 0 atom stereocenters. The van der Waals surface area contributed by atoms with E-state index in [-0.39, 0.29) is 11.8 Å². The average molecular weight is 193 g/mol. The van der Waals surface area contributed by atoms with Gasteiger partial charge in [0, 0.05) is 12.5 Å². The lowest BCUT2D eigenvalue weighted by atomic mass is 10.2. The van der Waals surface area contributed by atoms with E-state index in [2.05, 4.69) is 5.32 Å². The van der Waals surface area contributed by atoms with Crippen LogP contribution in [0.4, 0.5) is 0 Å². The van der Waals surface area contributed by atoms with Gasteiger partial charge in [0.25, 0.3) is 5.91 Å². The van der Waals surface area contributed by atoms with Crippen molar-refractivity contribution < 1.29 is 9.59 Å². The van der Waals surface area contributed by atoms with Crippen LogP contribution in [-0.2, 0) is 4.79 Å². The monoisotopic (exact) mass is 193 g/mol. The minimum Gasteiger partial charge on any atom is -0.293 e. The zero-order valence-corrected chi connectivity index (χ0v) is 8.70. The van der Waals surface area contributed by atoms with Crippen LogP contribution >= 0.6 is 0 Å². The quantitative estimate of drug-likeness (QED) is 0.741. The minimum atomic E-state index is -0.358. The summed E-state index contributed by atoms with van der Waals surface area (Å²) in [6, 6.07) is 8.60. The molecule has 0 saturated carbocycles. The third kappa shape index (κ3) is 4.40. The molecule has 3 nitrogen and oxygen atoms in total. The van der Waals surface area contributed by atoms with Crippen molar-refractivity contribution in [1.29, 1.82) is 0 Å². The number of carbonyl (C=O) groups excluding carboxylic acids is 2. The highest BCUT2D eigenvalue weighted by atomic mass is 16.2. The summed E-state index contributed by atoms with van der Waals surface area (Å²) in [7, 11) is 0. The van der Waals surface area contributed by atoms with Crippen LogP contribution in [0.15, 0.2) is 30.3 Å². The fraction of sp³-hybridized carbons (Fsp3) is 0.273. The van der Waals surface area contributed by atoms with Crippen molar-refractivity contribution in [1.82, 2.24) is 5.32 Å². The third-order valence-electron chi connectivity index (χ3n) is 1.33. The van der Waals surface area contributed by atoms with Crippen LogP contribution in [0.3, 0.4) is 0 Å². The molecule has 3 heteroatoms. The maximum Gasteiger partial charge on any atom is 0.257 e. The predicted molar refractivity (Wildman–Crippen MR) is 55.9 cm³/mol. The molecular formula is C11H15NO2. The lowest BCUT2D eigenvalue weighted by Gasteiger charge is -1.98. The molecule has 0 spiro atoms. The van der Waals surface area contributed by atoms with E-state index < -0.39 is 0 Å². The molecule has 2 amide bonds. The molecule has 14 heavy (non-hydrogen) atoms. The molecule has 0 aromatic heterocycles. The maximum atomic E-state index is 11.1. The molecule has 1 N–H and O–H groups in total. The molecule has 0 heterocycles. The van der Waals surface area contributed by atoms with Gasteiger partial charge in [-0.15, -0.1) is 0 Å². The van der Waals surface area contributed by atoms with Gasteiger partial charge in [-0.2, -0.15) is 0 Å². The molecule has 0 unspecified atom stereocenters. The number of carbonyl (C=O) groups is 2. The number of nitrogens with one attached hydrogen (secondary N) is 1. The first kappa shape index (κ1) is 12.4. The van der Waals surface area contributed by atoms with Crippen LogP contribution in [0.1, 0.15) is 31.1 Å². The van der Waals surface area contributed by atoms with Crippen molar-refractivity contribution in [2.75, 3.05) is 0 Å². The Bertz CT molecular complexity index is 293. The number of benzene rings is 1. The zero-order valence-electron chi connectivity index (χ0n) is 8.70. The molecule has 0 aliphatic heterocycles. The smallest absolute Gasteiger partial charge is 0.257 e. The van der Waals surface area contributed by atoms with Crippen LogP contribution in [0.2, 0.25) is 0 Å². The van der Waals surface area contributed by atoms with Gasteiger partial charge in [0.05, 0.1) is 0 Å². The Hall–Kier alpha value is -1.64. The molecule has 0 saturated heterocycles. The van der Waals surface area contributed by atoms with Crippen molar-refractivity contribution in [3.63, 3.8) is 0 Å². The predicted octanol–water partition coefficient (Wildman–Crippen LogP) is 1.99. The van der Waals surface area contributed by atoms with Crippen molar-refractivity contribution in [3.05, 3.63) is 35.9 Å². The SMILES string of the molecule is CC.CC(=O)NC(=O)c1ccccc1. The third-order valence-corrected chi connectivity index (χ3v) is 1.33. The van der Waals surface area contributed by atoms with Gasteiger partial charge < -0.3 is 0 Å². The highest BCUT2D eigenvalue weighted by molar-refractivity contribution is 6.03. The molecule has 1 rings (SSSR count). The topological polar surface area (TPSA) is 46.2 Å². The molecule has 1 aromatic carbocycles. The number of amides is 2. The molecule has 0 bridgehead atoms. The summed E-state index contributed by atoms with van der Waals surface area (Å²) in [5, 5.41) is 2.18. The van der Waals surface area contributed by atoms with Crippen LogP contribution in [0, 0.1) is 0 Å². The van der Waals surface area contributed by atoms with Crippen LogP contribution in [0.5, 0.6) is 0 Å². The Morgan fingerprint density at radius 3 is 2.00 bits per heavy atom. The fourth-order valence-corrected chi connectivity index (χ4v) is 0.822. The Balaban J connectivity index is 0.000000791. The van der Waals surface area contributed by atoms with Gasteiger partial charge in [-0.25, -0.2) is 0 Å². The second-order valence-corrected chi connectivity index (χ2v) is 2.38. The molecule has 0 radical (unpaired) electrons. The first-order chi connectivity index (χ1) is 6.70. The van der Waals surface area contributed by atoms with Gasteiger partial charge in [-0.3, -0.25) is 14.9 Å². The van der Waals surface area contributed by atoms with Crippen LogP contribution in [0.25, 0.3) is 0 Å². The van der Waals surface area contributed by atoms with E-state index in [4.69, 9.17) is 0 Å². The van der Waals surface area contributed by atoms with Gasteiger partial charge in [-0.05, 0) is 12.1 Å². The van der Waals surface area contributed by atoms with Gasteiger partial charge in [0.2, 0.25) is 5.91 Å². The number of hydrogen-bond donors (Lipinski definition) is 1. The van der Waals surface area contributed by atoms with Crippen molar-refractivity contribution >= 4 is 11.8 Å². The molecule has 0 fully saturated rings. The lowest BCUT2D eigenvalue weighted by Crippen LogP contribution is -2.27. The van der Waals surface area contributed by atoms with Crippen molar-refractivity contribution in [3.8, 4) is 0 Å². The largest absolute Gasteiger partial charge is 0.293 e. The highest BCUT2D eigenvalue weighted by Gasteiger charge is 2.04. The molecule has 1 aromatic rings. The second-order valence-electron chi connectivity index (χ2n) is 2.38. The zero-order chi connectivity index (χ0) is 11.0. The van der Waals surface area contributed by atoms with Crippen LogP contribution < -0.4 is 5.32 Å². The van der Waals surface area contributed by atoms with Gasteiger partial charge in [-0.1, -0.05) is 32.0 Å². The summed E-state index contributed by atoms with van der Waals surface area (Å²) >= 11 is 0. The van der Waals surface area contributed by atoms with E-state index in [1.165, 1.54) is 6.92 Å². The van der Waals surface area contributed by atoms with E-state index in [0.29, 0.717) is 5.56 Å². The summed E-state index contributed by atoms with van der Waals surface area (Å²) in [5.74, 6) is -0.702. The first-order valence-corrected chi connectivity index (χ1v) is 4.57. The Morgan fingerprint density at radius 2 is 1.57 bits per heavy atom. The normalized spacial score (nSPS) is 8.21. The number of rotatable bonds is 1. The van der Waals surface area contributed by atoms with E-state index in [1.54, 1.807) is 24.3 Å². The van der Waals surface area contributed by atoms with Crippen molar-refractivity contribution in [2.45, 2.75) is 20.8 Å². The molecular weight excluding hydrogens is 178 g/mol. The summed E-state index contributed by atoms with van der Waals surface area (Å²) in [4.78, 5) is 21.6. The Kier molecular flexibility index (Phi) is 6.03. The number of hydrogen-bond acceptors (Lipinski definition) is 2. The summed E-state index contributed by atoms with van der Waals surface area (Å²) in [6.45, 7) is 5.31. The second kappa shape index (κ2) is 6.83. The average Bonchev–Trinajstić information content (AvgIpc) is 2.21. The number of imide groups is 1. The first-order valence-electron chi connectivity index (χ1n) is 4.57. The summed E-state index contributed by atoms with van der Waals surface area (Å²) in [5.41, 5.74) is 0.493. The fourth-order valence-electron chi connectivity index (χ4n) is 0.822. The molecule has 0 aliphatic rings. The van der Waals surface area contributed by atoms with E-state index in [9.17, 15) is 9.59 Å². The van der Waals surface area contributed by atoms with Crippen molar-refractivity contribution in [2.24, 2.45) is 0 Å². The maximum absolute atomic E-state index is 11.1. The summed E-state index contributed by atoms with van der Waals surface area (Å²) in [6.07, 6.45) is 0. The summed E-state index contributed by atoms with van der Waals surface area (Å²) < 4.78 is 0. The van der Waals surface area contributed by atoms with Gasteiger partial charge >= 0.3 is 0 Å². The Morgan fingerprint density at radius 1 is 1.07 bits per heavy atom.